The Hall–Kier alpha value is -2.57. The largest absolute Gasteiger partial charge is 0.300 e. The highest BCUT2D eigenvalue weighted by atomic mass is 15.4. The molecule has 1 aromatic heterocycles. The molecule has 5 nitrogen and oxygen atoms in total. The van der Waals surface area contributed by atoms with Gasteiger partial charge in [-0.2, -0.15) is 0 Å². The van der Waals surface area contributed by atoms with Crippen LogP contribution in [0.25, 0.3) is 11.1 Å². The molecule has 2 fully saturated rings. The molecule has 2 aliphatic rings. The third-order valence-electron chi connectivity index (χ3n) is 6.92. The minimum Gasteiger partial charge on any atom is -0.300 e. The van der Waals surface area contributed by atoms with Gasteiger partial charge in [0.05, 0.1) is 11.7 Å². The summed E-state index contributed by atoms with van der Waals surface area (Å²) >= 11 is 0. The number of hydrogen-bond donors (Lipinski definition) is 2. The lowest BCUT2D eigenvalue weighted by molar-refractivity contribution is 0.111. The summed E-state index contributed by atoms with van der Waals surface area (Å²) in [6.45, 7) is 9.73. The van der Waals surface area contributed by atoms with E-state index in [9.17, 15) is 0 Å². The van der Waals surface area contributed by atoms with Gasteiger partial charge in [-0.25, -0.2) is 5.43 Å². The van der Waals surface area contributed by atoms with Crippen molar-refractivity contribution in [2.45, 2.75) is 19.5 Å². The summed E-state index contributed by atoms with van der Waals surface area (Å²) in [7, 11) is 0. The number of pyridine rings is 1. The highest BCUT2D eigenvalue weighted by Gasteiger charge is 2.31. The zero-order valence-electron chi connectivity index (χ0n) is 18.9. The van der Waals surface area contributed by atoms with Crippen LogP contribution in [0.15, 0.2) is 72.9 Å². The van der Waals surface area contributed by atoms with Crippen LogP contribution in [0.1, 0.15) is 22.9 Å². The van der Waals surface area contributed by atoms with Gasteiger partial charge >= 0.3 is 0 Å². The summed E-state index contributed by atoms with van der Waals surface area (Å²) in [5, 5.41) is 0. The molecular weight excluding hydrogens is 394 g/mol. The maximum Gasteiger partial charge on any atom is 0.0573 e. The first-order valence-electron chi connectivity index (χ1n) is 11.8. The molecule has 0 spiro atoms. The fourth-order valence-electron chi connectivity index (χ4n) is 4.93. The van der Waals surface area contributed by atoms with E-state index in [0.717, 1.165) is 45.8 Å². The van der Waals surface area contributed by atoms with Gasteiger partial charge in [-0.3, -0.25) is 15.3 Å². The fourth-order valence-corrected chi connectivity index (χ4v) is 4.93. The van der Waals surface area contributed by atoms with Crippen molar-refractivity contribution in [1.82, 2.24) is 25.6 Å². The second-order valence-electron chi connectivity index (χ2n) is 9.09. The van der Waals surface area contributed by atoms with Crippen molar-refractivity contribution in [3.05, 3.63) is 89.7 Å². The van der Waals surface area contributed by atoms with Gasteiger partial charge in [-0.05, 0) is 35.2 Å². The van der Waals surface area contributed by atoms with Crippen molar-refractivity contribution in [3.8, 4) is 11.1 Å². The number of piperazine rings is 1. The van der Waals surface area contributed by atoms with Crippen LogP contribution in [0.5, 0.6) is 0 Å². The van der Waals surface area contributed by atoms with E-state index in [2.05, 4.69) is 93.2 Å². The molecule has 166 valence electrons. The summed E-state index contributed by atoms with van der Waals surface area (Å²) in [6, 6.07) is 24.2. The minimum absolute atomic E-state index is 0.356. The van der Waals surface area contributed by atoms with Gasteiger partial charge in [0, 0.05) is 57.9 Å². The van der Waals surface area contributed by atoms with Crippen molar-refractivity contribution < 1.29 is 0 Å². The molecule has 3 heterocycles. The van der Waals surface area contributed by atoms with Crippen molar-refractivity contribution in [1.29, 1.82) is 0 Å². The summed E-state index contributed by atoms with van der Waals surface area (Å²) < 4.78 is 0. The summed E-state index contributed by atoms with van der Waals surface area (Å²) in [4.78, 5) is 9.74. The molecule has 0 saturated carbocycles. The van der Waals surface area contributed by atoms with Crippen LogP contribution in [0.3, 0.4) is 0 Å². The molecule has 0 amide bonds. The third-order valence-corrected chi connectivity index (χ3v) is 6.92. The second kappa shape index (κ2) is 9.92. The zero-order valence-corrected chi connectivity index (χ0v) is 18.9. The molecule has 2 aromatic carbocycles. The highest BCUT2D eigenvalue weighted by Crippen LogP contribution is 2.28. The molecule has 0 radical (unpaired) electrons. The average Bonchev–Trinajstić information content (AvgIpc) is 3.30. The van der Waals surface area contributed by atoms with Crippen molar-refractivity contribution in [3.63, 3.8) is 0 Å². The maximum absolute atomic E-state index is 4.57. The Labute approximate surface area is 191 Å². The van der Waals surface area contributed by atoms with Crippen LogP contribution in [0, 0.1) is 12.8 Å². The molecule has 2 saturated heterocycles. The van der Waals surface area contributed by atoms with Gasteiger partial charge in [0.25, 0.3) is 0 Å². The Morgan fingerprint density at radius 1 is 0.844 bits per heavy atom. The number of nitrogens with zero attached hydrogens (tertiary/aromatic N) is 3. The molecule has 32 heavy (non-hydrogen) atoms. The van der Waals surface area contributed by atoms with Crippen LogP contribution in [-0.4, -0.2) is 54.1 Å². The van der Waals surface area contributed by atoms with E-state index in [0.29, 0.717) is 12.0 Å². The first-order valence-corrected chi connectivity index (χ1v) is 11.8. The van der Waals surface area contributed by atoms with E-state index < -0.39 is 0 Å². The van der Waals surface area contributed by atoms with Crippen LogP contribution in [0.2, 0.25) is 0 Å². The predicted octanol–water partition coefficient (Wildman–Crippen LogP) is 3.64. The van der Waals surface area contributed by atoms with E-state index in [1.807, 2.05) is 12.3 Å². The van der Waals surface area contributed by atoms with Crippen LogP contribution >= 0.6 is 0 Å². The van der Waals surface area contributed by atoms with E-state index >= 15 is 0 Å². The minimum atomic E-state index is 0.356. The molecule has 2 aliphatic heterocycles. The van der Waals surface area contributed by atoms with E-state index in [4.69, 9.17) is 0 Å². The molecule has 2 unspecified atom stereocenters. The Kier molecular flexibility index (Phi) is 6.60. The number of hydrogen-bond acceptors (Lipinski definition) is 5. The lowest BCUT2D eigenvalue weighted by Gasteiger charge is -2.36. The van der Waals surface area contributed by atoms with E-state index in [1.165, 1.54) is 27.9 Å². The molecule has 5 heteroatoms. The number of rotatable bonds is 6. The highest BCUT2D eigenvalue weighted by molar-refractivity contribution is 5.63. The van der Waals surface area contributed by atoms with Crippen LogP contribution < -0.4 is 10.9 Å². The normalized spacial score (nSPS) is 22.3. The summed E-state index contributed by atoms with van der Waals surface area (Å²) in [5.41, 5.74) is 13.3. The lowest BCUT2D eigenvalue weighted by atomic mass is 9.92. The fraction of sp³-hybridized carbons (Fsp3) is 0.370. The smallest absolute Gasteiger partial charge is 0.0573 e. The quantitative estimate of drug-likeness (QED) is 0.629. The van der Waals surface area contributed by atoms with Gasteiger partial charge < -0.3 is 4.90 Å². The Morgan fingerprint density at radius 2 is 1.56 bits per heavy atom. The molecular formula is C27H33N5. The molecule has 0 aliphatic carbocycles. The third kappa shape index (κ3) is 4.92. The molecule has 0 bridgehead atoms. The lowest BCUT2D eigenvalue weighted by Crippen LogP contribution is -2.48. The standard InChI is InChI=1S/C27H33N5/c1-21-6-5-13-28-26(21)20-32-16-14-31(15-17-32)19-25-18-29-30-27(25)24-11-9-23(10-12-24)22-7-3-2-4-8-22/h2-13,25,27,29-30H,14-20H2,1H3. The first-order chi connectivity index (χ1) is 15.8. The SMILES string of the molecule is Cc1cccnc1CN1CCN(CC2CNNC2c2ccc(-c3ccccc3)cc2)CC1. The average molecular weight is 428 g/mol. The number of aryl methyl sites for hydroxylation is 1. The first kappa shape index (κ1) is 21.3. The Bertz CT molecular complexity index is 996. The monoisotopic (exact) mass is 427 g/mol. The van der Waals surface area contributed by atoms with Crippen molar-refractivity contribution >= 4 is 0 Å². The van der Waals surface area contributed by atoms with Crippen LogP contribution in [-0.2, 0) is 6.54 Å². The molecule has 3 aromatic rings. The Balaban J connectivity index is 1.16. The number of hydrazine groups is 1. The van der Waals surface area contributed by atoms with Crippen molar-refractivity contribution in [2.24, 2.45) is 5.92 Å². The maximum atomic E-state index is 4.57. The van der Waals surface area contributed by atoms with Crippen molar-refractivity contribution in [2.75, 3.05) is 39.3 Å². The zero-order chi connectivity index (χ0) is 21.8. The second-order valence-corrected chi connectivity index (χ2v) is 9.09. The Morgan fingerprint density at radius 3 is 2.31 bits per heavy atom. The topological polar surface area (TPSA) is 43.4 Å². The number of aromatic nitrogens is 1. The van der Waals surface area contributed by atoms with Gasteiger partial charge in [0.15, 0.2) is 0 Å². The van der Waals surface area contributed by atoms with Crippen LogP contribution in [0.4, 0.5) is 0 Å². The van der Waals surface area contributed by atoms with Gasteiger partial charge in [0.1, 0.15) is 0 Å². The van der Waals surface area contributed by atoms with E-state index in [1.54, 1.807) is 0 Å². The van der Waals surface area contributed by atoms with Gasteiger partial charge in [-0.15, -0.1) is 0 Å². The van der Waals surface area contributed by atoms with E-state index in [-0.39, 0.29) is 0 Å². The molecule has 2 atom stereocenters. The predicted molar refractivity (Wildman–Crippen MR) is 130 cm³/mol. The van der Waals surface area contributed by atoms with Gasteiger partial charge in [-0.1, -0.05) is 60.7 Å². The van der Waals surface area contributed by atoms with Gasteiger partial charge in [0.2, 0.25) is 0 Å². The number of nitrogens with one attached hydrogen (secondary N) is 2. The summed E-state index contributed by atoms with van der Waals surface area (Å²) in [6.07, 6.45) is 1.91. The molecule has 5 rings (SSSR count). The number of benzene rings is 2. The summed E-state index contributed by atoms with van der Waals surface area (Å²) in [5.74, 6) is 0.571. The molecule has 2 N–H and O–H groups in total.